The number of esters is 1. The van der Waals surface area contributed by atoms with Crippen molar-refractivity contribution in [2.45, 2.75) is 4.90 Å². The molecule has 0 spiro atoms. The van der Waals surface area contributed by atoms with Gasteiger partial charge in [-0.05, 0) is 30.3 Å². The standard InChI is InChI=1S/C22H17FN2O6S/c23-18-11-10-15(32(24,29)30)12-17(18)22(28)31-13-20(26)25-19-9-5-4-8-16(19)21(27)14-6-2-1-3-7-14/h1-12H,13H2,(H,25,26)(H2,24,29,30). The molecule has 10 heteroatoms. The summed E-state index contributed by atoms with van der Waals surface area (Å²) in [5.41, 5.74) is 0.157. The van der Waals surface area contributed by atoms with Crippen LogP contribution in [0, 0.1) is 5.82 Å². The summed E-state index contributed by atoms with van der Waals surface area (Å²) in [6.45, 7) is -0.800. The number of carbonyl (C=O) groups excluding carboxylic acids is 3. The maximum Gasteiger partial charge on any atom is 0.341 e. The highest BCUT2D eigenvalue weighted by atomic mass is 32.2. The van der Waals surface area contributed by atoms with Crippen LogP contribution in [0.1, 0.15) is 26.3 Å². The van der Waals surface area contributed by atoms with E-state index in [4.69, 9.17) is 9.88 Å². The fourth-order valence-electron chi connectivity index (χ4n) is 2.77. The van der Waals surface area contributed by atoms with E-state index in [1.807, 2.05) is 0 Å². The van der Waals surface area contributed by atoms with Crippen molar-refractivity contribution in [1.29, 1.82) is 0 Å². The van der Waals surface area contributed by atoms with Crippen molar-refractivity contribution in [3.8, 4) is 0 Å². The van der Waals surface area contributed by atoms with Crippen LogP contribution in [-0.4, -0.2) is 32.7 Å². The third kappa shape index (κ3) is 5.42. The molecule has 0 radical (unpaired) electrons. The van der Waals surface area contributed by atoms with Crippen LogP contribution in [0.25, 0.3) is 0 Å². The third-order valence-electron chi connectivity index (χ3n) is 4.30. The number of hydrogen-bond donors (Lipinski definition) is 2. The van der Waals surface area contributed by atoms with Gasteiger partial charge in [0.25, 0.3) is 5.91 Å². The van der Waals surface area contributed by atoms with Gasteiger partial charge >= 0.3 is 5.97 Å². The van der Waals surface area contributed by atoms with Crippen LogP contribution in [0.3, 0.4) is 0 Å². The van der Waals surface area contributed by atoms with Crippen LogP contribution in [-0.2, 0) is 19.6 Å². The second-order valence-corrected chi connectivity index (χ2v) is 8.11. The van der Waals surface area contributed by atoms with Crippen LogP contribution >= 0.6 is 0 Å². The minimum Gasteiger partial charge on any atom is -0.452 e. The highest BCUT2D eigenvalue weighted by molar-refractivity contribution is 7.89. The Morgan fingerprint density at radius 2 is 1.56 bits per heavy atom. The van der Waals surface area contributed by atoms with Crippen LogP contribution in [0.4, 0.5) is 10.1 Å². The van der Waals surface area contributed by atoms with Crippen molar-refractivity contribution in [3.63, 3.8) is 0 Å². The van der Waals surface area contributed by atoms with Gasteiger partial charge in [0.1, 0.15) is 5.82 Å². The number of nitrogens with one attached hydrogen (secondary N) is 1. The molecule has 0 aliphatic heterocycles. The maximum absolute atomic E-state index is 13.9. The summed E-state index contributed by atoms with van der Waals surface area (Å²) in [7, 11) is -4.17. The summed E-state index contributed by atoms with van der Waals surface area (Å²) in [5, 5.41) is 7.44. The molecule has 0 bridgehead atoms. The lowest BCUT2D eigenvalue weighted by Gasteiger charge is -2.11. The van der Waals surface area contributed by atoms with E-state index in [9.17, 15) is 27.2 Å². The molecular formula is C22H17FN2O6S. The van der Waals surface area contributed by atoms with Gasteiger partial charge in [-0.1, -0.05) is 42.5 Å². The number of para-hydroxylation sites is 1. The summed E-state index contributed by atoms with van der Waals surface area (Å²) in [6, 6.07) is 17.1. The largest absolute Gasteiger partial charge is 0.452 e. The Morgan fingerprint density at radius 3 is 2.25 bits per heavy atom. The zero-order chi connectivity index (χ0) is 23.3. The molecular weight excluding hydrogens is 439 g/mol. The molecule has 3 N–H and O–H groups in total. The van der Waals surface area contributed by atoms with Gasteiger partial charge in [-0.15, -0.1) is 0 Å². The van der Waals surface area contributed by atoms with E-state index in [1.54, 1.807) is 42.5 Å². The number of halogens is 1. The number of hydrogen-bond acceptors (Lipinski definition) is 6. The lowest BCUT2D eigenvalue weighted by Crippen LogP contribution is -2.23. The average Bonchev–Trinajstić information content (AvgIpc) is 2.77. The lowest BCUT2D eigenvalue weighted by molar-refractivity contribution is -0.119. The Balaban J connectivity index is 1.70. The van der Waals surface area contributed by atoms with Crippen molar-refractivity contribution in [1.82, 2.24) is 0 Å². The van der Waals surface area contributed by atoms with Crippen molar-refractivity contribution in [3.05, 3.63) is 95.3 Å². The van der Waals surface area contributed by atoms with Gasteiger partial charge in [-0.25, -0.2) is 22.7 Å². The van der Waals surface area contributed by atoms with E-state index < -0.39 is 44.8 Å². The normalized spacial score (nSPS) is 10.9. The molecule has 0 aliphatic carbocycles. The van der Waals surface area contributed by atoms with E-state index in [0.717, 1.165) is 18.2 Å². The monoisotopic (exact) mass is 456 g/mol. The molecule has 0 aliphatic rings. The van der Waals surface area contributed by atoms with E-state index in [0.29, 0.717) is 5.56 Å². The van der Waals surface area contributed by atoms with Gasteiger partial charge in [0.05, 0.1) is 16.1 Å². The minimum absolute atomic E-state index is 0.199. The number of primary sulfonamides is 1. The second kappa shape index (κ2) is 9.50. The maximum atomic E-state index is 13.9. The van der Waals surface area contributed by atoms with Gasteiger partial charge in [-0.2, -0.15) is 0 Å². The number of ether oxygens (including phenoxy) is 1. The van der Waals surface area contributed by atoms with Crippen molar-refractivity contribution in [2.24, 2.45) is 5.14 Å². The smallest absolute Gasteiger partial charge is 0.341 e. The Labute approximate surface area is 182 Å². The minimum atomic E-state index is -4.17. The molecule has 0 unspecified atom stereocenters. The number of amides is 1. The lowest BCUT2D eigenvalue weighted by atomic mass is 10.0. The first kappa shape index (κ1) is 22.8. The van der Waals surface area contributed by atoms with Gasteiger partial charge in [0.2, 0.25) is 10.0 Å². The van der Waals surface area contributed by atoms with Crippen molar-refractivity contribution in [2.75, 3.05) is 11.9 Å². The first-order valence-electron chi connectivity index (χ1n) is 9.15. The predicted octanol–water partition coefficient (Wildman–Crippen LogP) is 2.50. The fourth-order valence-corrected chi connectivity index (χ4v) is 3.31. The first-order valence-corrected chi connectivity index (χ1v) is 10.7. The summed E-state index contributed by atoms with van der Waals surface area (Å²) in [4.78, 5) is 36.6. The molecule has 0 heterocycles. The molecule has 0 fully saturated rings. The van der Waals surface area contributed by atoms with Gasteiger partial charge in [0, 0.05) is 11.1 Å². The van der Waals surface area contributed by atoms with Crippen LogP contribution in [0.5, 0.6) is 0 Å². The molecule has 164 valence electrons. The number of benzene rings is 3. The Bertz CT molecular complexity index is 1290. The molecule has 3 aromatic carbocycles. The highest BCUT2D eigenvalue weighted by Gasteiger charge is 2.20. The van der Waals surface area contributed by atoms with Crippen LogP contribution in [0.15, 0.2) is 77.7 Å². The van der Waals surface area contributed by atoms with Crippen molar-refractivity contribution < 1.29 is 31.9 Å². The van der Waals surface area contributed by atoms with Crippen molar-refractivity contribution >= 4 is 33.4 Å². The van der Waals surface area contributed by atoms with E-state index in [-0.39, 0.29) is 17.0 Å². The third-order valence-corrected chi connectivity index (χ3v) is 5.21. The van der Waals surface area contributed by atoms with Gasteiger partial charge in [-0.3, -0.25) is 9.59 Å². The predicted molar refractivity (Wildman–Crippen MR) is 113 cm³/mol. The molecule has 1 amide bonds. The molecule has 0 saturated carbocycles. The van der Waals surface area contributed by atoms with E-state index in [2.05, 4.69) is 5.32 Å². The Kier molecular flexibility index (Phi) is 6.76. The number of anilines is 1. The summed E-state index contributed by atoms with van der Waals surface area (Å²) >= 11 is 0. The number of carbonyl (C=O) groups is 3. The molecule has 32 heavy (non-hydrogen) atoms. The summed E-state index contributed by atoms with van der Waals surface area (Å²) in [5.74, 6) is -3.39. The average molecular weight is 456 g/mol. The quantitative estimate of drug-likeness (QED) is 0.415. The summed E-state index contributed by atoms with van der Waals surface area (Å²) in [6.07, 6.45) is 0. The van der Waals surface area contributed by atoms with Gasteiger partial charge in [0.15, 0.2) is 12.4 Å². The molecule has 3 aromatic rings. The van der Waals surface area contributed by atoms with Crippen LogP contribution < -0.4 is 10.5 Å². The SMILES string of the molecule is NS(=O)(=O)c1ccc(F)c(C(=O)OCC(=O)Nc2ccccc2C(=O)c2ccccc2)c1. The molecule has 0 saturated heterocycles. The molecule has 3 rings (SSSR count). The number of nitrogens with two attached hydrogens (primary N) is 1. The Hall–Kier alpha value is -3.89. The summed E-state index contributed by atoms with van der Waals surface area (Å²) < 4.78 is 41.5. The highest BCUT2D eigenvalue weighted by Crippen LogP contribution is 2.20. The fraction of sp³-hybridized carbons (Fsp3) is 0.0455. The topological polar surface area (TPSA) is 133 Å². The molecule has 0 atom stereocenters. The first-order chi connectivity index (χ1) is 15.2. The number of sulfonamides is 1. The zero-order valence-corrected chi connectivity index (χ0v) is 17.3. The van der Waals surface area contributed by atoms with Crippen LogP contribution in [0.2, 0.25) is 0 Å². The Morgan fingerprint density at radius 1 is 0.906 bits per heavy atom. The van der Waals surface area contributed by atoms with E-state index >= 15 is 0 Å². The number of rotatable bonds is 7. The van der Waals surface area contributed by atoms with E-state index in [1.165, 1.54) is 12.1 Å². The number of ketones is 1. The second-order valence-electron chi connectivity index (χ2n) is 6.55. The van der Waals surface area contributed by atoms with Gasteiger partial charge < -0.3 is 10.1 Å². The molecule has 0 aromatic heterocycles. The molecule has 8 nitrogen and oxygen atoms in total. The zero-order valence-electron chi connectivity index (χ0n) is 16.4.